The van der Waals surface area contributed by atoms with Crippen molar-refractivity contribution in [2.45, 2.75) is 13.8 Å². The molecular formula is C27H24N4O3S. The van der Waals surface area contributed by atoms with Crippen LogP contribution in [0.25, 0.3) is 21.5 Å². The number of nitrogens with zero attached hydrogens (tertiary/aromatic N) is 3. The highest BCUT2D eigenvalue weighted by molar-refractivity contribution is 7.18. The zero-order chi connectivity index (χ0) is 24.2. The number of benzene rings is 3. The Morgan fingerprint density at radius 1 is 0.914 bits per heavy atom. The lowest BCUT2D eigenvalue weighted by Crippen LogP contribution is -2.21. The summed E-state index contributed by atoms with van der Waals surface area (Å²) in [5, 5.41) is 13.6. The second-order valence-corrected chi connectivity index (χ2v) is 8.80. The number of anilines is 3. The number of hydrogen-bond donors (Lipinski definition) is 1. The van der Waals surface area contributed by atoms with Crippen molar-refractivity contribution in [2.75, 3.05) is 23.3 Å². The first-order chi connectivity index (χ1) is 17.1. The van der Waals surface area contributed by atoms with E-state index in [1.54, 1.807) is 0 Å². The van der Waals surface area contributed by atoms with Crippen molar-refractivity contribution in [1.29, 1.82) is 0 Å². The fourth-order valence-electron chi connectivity index (χ4n) is 3.77. The van der Waals surface area contributed by atoms with Gasteiger partial charge in [0.25, 0.3) is 0 Å². The van der Waals surface area contributed by atoms with E-state index in [4.69, 9.17) is 9.15 Å². The number of nitrogens with one attached hydrogen (secondary N) is 1. The molecule has 0 aliphatic carbocycles. The van der Waals surface area contributed by atoms with Gasteiger partial charge in [-0.15, -0.1) is 10.2 Å². The highest BCUT2D eigenvalue weighted by Gasteiger charge is 2.14. The molecule has 0 radical (unpaired) electrons. The third kappa shape index (κ3) is 5.02. The fraction of sp³-hybridized carbons (Fsp3) is 0.148. The molecule has 0 unspecified atom stereocenters. The van der Waals surface area contributed by atoms with Crippen molar-refractivity contribution in [3.05, 3.63) is 89.3 Å². The number of ether oxygens (including phenoxy) is 1. The summed E-state index contributed by atoms with van der Waals surface area (Å²) in [7, 11) is 0. The smallest absolute Gasteiger partial charge is 0.346 e. The molecule has 7 nitrogen and oxygen atoms in total. The van der Waals surface area contributed by atoms with E-state index in [0.717, 1.165) is 41.3 Å². The number of hydrogen-bond acceptors (Lipinski definition) is 8. The van der Waals surface area contributed by atoms with Gasteiger partial charge in [-0.2, -0.15) is 0 Å². The molecule has 0 atom stereocenters. The lowest BCUT2D eigenvalue weighted by molar-refractivity contribution is 0.483. The van der Waals surface area contributed by atoms with Crippen LogP contribution in [0.3, 0.4) is 0 Å². The van der Waals surface area contributed by atoms with Crippen LogP contribution in [0.15, 0.2) is 88.1 Å². The van der Waals surface area contributed by atoms with Crippen molar-refractivity contribution in [2.24, 2.45) is 0 Å². The first-order valence-corrected chi connectivity index (χ1v) is 12.2. The second-order valence-electron chi connectivity index (χ2n) is 7.82. The summed E-state index contributed by atoms with van der Waals surface area (Å²) in [6.45, 7) is 5.96. The maximum Gasteiger partial charge on any atom is 0.346 e. The standard InChI is InChI=1S/C27H24N4O3S/c1-3-31(4-2)20-13-10-18-16-23(26(32)34-24(18)17-20)25-29-30-27(35-25)28-19-11-14-22(15-12-19)33-21-8-6-5-7-9-21/h5-17H,3-4H2,1-2H3,(H,28,30). The van der Waals surface area contributed by atoms with Gasteiger partial charge in [-0.05, 0) is 68.4 Å². The predicted octanol–water partition coefficient (Wildman–Crippen LogP) is 6.69. The molecule has 0 spiro atoms. The summed E-state index contributed by atoms with van der Waals surface area (Å²) in [5.74, 6) is 1.51. The molecule has 0 bridgehead atoms. The van der Waals surface area contributed by atoms with Gasteiger partial charge in [0.15, 0.2) is 5.01 Å². The Hall–Kier alpha value is -4.17. The molecule has 5 aromatic rings. The minimum atomic E-state index is -0.431. The molecule has 0 aliphatic heterocycles. The van der Waals surface area contributed by atoms with Crippen molar-refractivity contribution >= 4 is 38.8 Å². The molecule has 0 amide bonds. The molecule has 0 saturated heterocycles. The third-order valence-electron chi connectivity index (χ3n) is 5.59. The predicted molar refractivity (Wildman–Crippen MR) is 141 cm³/mol. The lowest BCUT2D eigenvalue weighted by Gasteiger charge is -2.20. The Morgan fingerprint density at radius 2 is 1.66 bits per heavy atom. The van der Waals surface area contributed by atoms with Crippen LogP contribution in [0, 0.1) is 0 Å². The summed E-state index contributed by atoms with van der Waals surface area (Å²) in [6, 6.07) is 24.9. The van der Waals surface area contributed by atoms with Gasteiger partial charge in [-0.25, -0.2) is 4.79 Å². The molecule has 35 heavy (non-hydrogen) atoms. The maximum atomic E-state index is 12.7. The van der Waals surface area contributed by atoms with Crippen LogP contribution in [0.1, 0.15) is 13.8 Å². The Bertz CT molecular complexity index is 1490. The number of fused-ring (bicyclic) bond motifs is 1. The van der Waals surface area contributed by atoms with Gasteiger partial charge >= 0.3 is 5.63 Å². The Kier molecular flexibility index (Phi) is 6.45. The molecule has 0 aliphatic rings. The SMILES string of the molecule is CCN(CC)c1ccc2cc(-c3nnc(Nc4ccc(Oc5ccccc5)cc4)s3)c(=O)oc2c1. The Balaban J connectivity index is 1.33. The van der Waals surface area contributed by atoms with Crippen molar-refractivity contribution in [3.63, 3.8) is 0 Å². The monoisotopic (exact) mass is 484 g/mol. The summed E-state index contributed by atoms with van der Waals surface area (Å²) in [5.41, 5.74) is 2.39. The Labute approximate surface area is 206 Å². The minimum absolute atomic E-state index is 0.394. The molecule has 0 fully saturated rings. The van der Waals surface area contributed by atoms with Crippen LogP contribution in [-0.4, -0.2) is 23.3 Å². The zero-order valence-electron chi connectivity index (χ0n) is 19.4. The van der Waals surface area contributed by atoms with Gasteiger partial charge in [-0.3, -0.25) is 0 Å². The molecule has 2 aromatic heterocycles. The molecule has 2 heterocycles. The van der Waals surface area contributed by atoms with Gasteiger partial charge in [0.2, 0.25) is 5.13 Å². The number of para-hydroxylation sites is 1. The van der Waals surface area contributed by atoms with E-state index >= 15 is 0 Å². The summed E-state index contributed by atoms with van der Waals surface area (Å²) >= 11 is 1.29. The molecule has 1 N–H and O–H groups in total. The molecular weight excluding hydrogens is 460 g/mol. The van der Waals surface area contributed by atoms with E-state index < -0.39 is 5.63 Å². The highest BCUT2D eigenvalue weighted by atomic mass is 32.1. The second kappa shape index (κ2) is 9.99. The highest BCUT2D eigenvalue weighted by Crippen LogP contribution is 2.30. The quantitative estimate of drug-likeness (QED) is 0.246. The molecule has 8 heteroatoms. The maximum absolute atomic E-state index is 12.7. The molecule has 5 rings (SSSR count). The van der Waals surface area contributed by atoms with Gasteiger partial charge in [0.1, 0.15) is 17.1 Å². The van der Waals surface area contributed by atoms with Gasteiger partial charge in [0.05, 0.1) is 5.56 Å². The normalized spacial score (nSPS) is 10.9. The Morgan fingerprint density at radius 3 is 2.40 bits per heavy atom. The molecule has 0 saturated carbocycles. The van der Waals surface area contributed by atoms with Crippen LogP contribution < -0.4 is 20.6 Å². The van der Waals surface area contributed by atoms with Gasteiger partial charge < -0.3 is 19.4 Å². The fourth-order valence-corrected chi connectivity index (χ4v) is 4.54. The van der Waals surface area contributed by atoms with E-state index in [2.05, 4.69) is 34.3 Å². The van der Waals surface area contributed by atoms with Crippen molar-refractivity contribution in [1.82, 2.24) is 10.2 Å². The van der Waals surface area contributed by atoms with E-state index in [0.29, 0.717) is 21.3 Å². The van der Waals surface area contributed by atoms with Crippen LogP contribution in [0.4, 0.5) is 16.5 Å². The number of rotatable bonds is 8. The summed E-state index contributed by atoms with van der Waals surface area (Å²) in [6.07, 6.45) is 0. The van der Waals surface area contributed by atoms with E-state index in [1.165, 1.54) is 11.3 Å². The average Bonchev–Trinajstić information content (AvgIpc) is 3.34. The summed E-state index contributed by atoms with van der Waals surface area (Å²) in [4.78, 5) is 14.9. The average molecular weight is 485 g/mol. The topological polar surface area (TPSA) is 80.5 Å². The number of aromatic nitrogens is 2. The molecule has 3 aromatic carbocycles. The van der Waals surface area contributed by atoms with Crippen molar-refractivity contribution < 1.29 is 9.15 Å². The van der Waals surface area contributed by atoms with Crippen LogP contribution >= 0.6 is 11.3 Å². The first kappa shape index (κ1) is 22.6. The van der Waals surface area contributed by atoms with Gasteiger partial charge in [0, 0.05) is 35.9 Å². The van der Waals surface area contributed by atoms with E-state index in [1.807, 2.05) is 78.9 Å². The lowest BCUT2D eigenvalue weighted by atomic mass is 10.1. The zero-order valence-corrected chi connectivity index (χ0v) is 20.2. The summed E-state index contributed by atoms with van der Waals surface area (Å²) < 4.78 is 11.5. The molecule has 176 valence electrons. The largest absolute Gasteiger partial charge is 0.457 e. The van der Waals surface area contributed by atoms with Crippen LogP contribution in [0.2, 0.25) is 0 Å². The van der Waals surface area contributed by atoms with E-state index in [-0.39, 0.29) is 0 Å². The first-order valence-electron chi connectivity index (χ1n) is 11.4. The van der Waals surface area contributed by atoms with Gasteiger partial charge in [-0.1, -0.05) is 29.5 Å². The third-order valence-corrected chi connectivity index (χ3v) is 6.46. The van der Waals surface area contributed by atoms with Crippen molar-refractivity contribution in [3.8, 4) is 22.1 Å². The van der Waals surface area contributed by atoms with Crippen LogP contribution in [-0.2, 0) is 0 Å². The van der Waals surface area contributed by atoms with Crippen LogP contribution in [0.5, 0.6) is 11.5 Å². The minimum Gasteiger partial charge on any atom is -0.457 e. The van der Waals surface area contributed by atoms with E-state index in [9.17, 15) is 4.79 Å².